The summed E-state index contributed by atoms with van der Waals surface area (Å²) in [5.74, 6) is -0.274. The van der Waals surface area contributed by atoms with Gasteiger partial charge in [-0.2, -0.15) is 9.78 Å². The zero-order chi connectivity index (χ0) is 28.2. The van der Waals surface area contributed by atoms with E-state index in [1.165, 1.54) is 35.5 Å². The number of fused-ring (bicyclic) bond motifs is 1. The van der Waals surface area contributed by atoms with Crippen molar-refractivity contribution in [2.45, 2.75) is 38.0 Å². The molecule has 1 aliphatic carbocycles. The number of hydrogen-bond donors (Lipinski definition) is 1. The van der Waals surface area contributed by atoms with Crippen LogP contribution in [0.4, 0.5) is 10.1 Å². The van der Waals surface area contributed by atoms with Gasteiger partial charge < -0.3 is 10.1 Å². The number of carbonyl (C=O) groups is 1. The van der Waals surface area contributed by atoms with Gasteiger partial charge in [-0.3, -0.25) is 9.59 Å². The van der Waals surface area contributed by atoms with Gasteiger partial charge in [-0.1, -0.05) is 70.5 Å². The molecule has 0 aliphatic heterocycles. The molecule has 206 valence electrons. The molecule has 1 aromatic heterocycles. The Kier molecular flexibility index (Phi) is 8.83. The lowest BCUT2D eigenvalue weighted by molar-refractivity contribution is -0.118. The van der Waals surface area contributed by atoms with Crippen molar-refractivity contribution < 1.29 is 13.9 Å². The third kappa shape index (κ3) is 6.37. The molecule has 40 heavy (non-hydrogen) atoms. The van der Waals surface area contributed by atoms with Crippen molar-refractivity contribution in [1.29, 1.82) is 0 Å². The van der Waals surface area contributed by atoms with Crippen molar-refractivity contribution in [2.75, 3.05) is 11.9 Å². The van der Waals surface area contributed by atoms with E-state index in [0.717, 1.165) is 30.2 Å². The zero-order valence-electron chi connectivity index (χ0n) is 21.2. The zero-order valence-corrected chi connectivity index (χ0v) is 24.3. The molecule has 7 nitrogen and oxygen atoms in total. The van der Waals surface area contributed by atoms with E-state index < -0.39 is 18.3 Å². The number of para-hydroxylation sites is 1. The fourth-order valence-corrected chi connectivity index (χ4v) is 5.68. The lowest BCUT2D eigenvalue weighted by atomic mass is 9.88. The molecule has 1 heterocycles. The third-order valence-electron chi connectivity index (χ3n) is 6.64. The molecule has 1 N–H and O–H groups in total. The van der Waals surface area contributed by atoms with Crippen molar-refractivity contribution in [3.05, 3.63) is 96.7 Å². The number of ether oxygens (including phenoxy) is 1. The van der Waals surface area contributed by atoms with E-state index in [1.54, 1.807) is 24.3 Å². The quantitative estimate of drug-likeness (QED) is 0.210. The highest BCUT2D eigenvalue weighted by atomic mass is 79.9. The Balaban J connectivity index is 1.39. The molecular weight excluding hydrogens is 622 g/mol. The van der Waals surface area contributed by atoms with Gasteiger partial charge in [0, 0.05) is 10.4 Å². The van der Waals surface area contributed by atoms with Gasteiger partial charge >= 0.3 is 0 Å². The molecule has 1 aliphatic rings. The van der Waals surface area contributed by atoms with Crippen LogP contribution in [0.5, 0.6) is 5.75 Å². The monoisotopic (exact) mass is 644 g/mol. The van der Waals surface area contributed by atoms with E-state index in [-0.39, 0.29) is 33.0 Å². The average Bonchev–Trinajstić information content (AvgIpc) is 2.94. The van der Waals surface area contributed by atoms with Crippen molar-refractivity contribution in [3.8, 4) is 5.75 Å². The predicted molar refractivity (Wildman–Crippen MR) is 160 cm³/mol. The average molecular weight is 646 g/mol. The van der Waals surface area contributed by atoms with Gasteiger partial charge in [0.1, 0.15) is 11.6 Å². The second kappa shape index (κ2) is 12.5. The number of anilines is 1. The lowest BCUT2D eigenvalue weighted by Gasteiger charge is -2.22. The standard InChI is InChI=1S/C29H24BrCl2FN4O3/c30-19-10-11-24-20(14-19)29(39)37(28(36-24)18-6-2-1-3-7-18)34-15-17-12-21(31)27(22(32)13-17)40-16-26(38)35-25-9-5-4-8-23(25)33/h4-5,8-15,18H,1-3,6-7,16H2,(H,35,38). The van der Waals surface area contributed by atoms with Crippen LogP contribution in [0, 0.1) is 5.82 Å². The van der Waals surface area contributed by atoms with E-state index in [4.69, 9.17) is 32.9 Å². The maximum absolute atomic E-state index is 13.8. The first-order valence-corrected chi connectivity index (χ1v) is 14.3. The number of amides is 1. The van der Waals surface area contributed by atoms with Gasteiger partial charge in [-0.25, -0.2) is 9.37 Å². The summed E-state index contributed by atoms with van der Waals surface area (Å²) in [5.41, 5.74) is 0.931. The fourth-order valence-electron chi connectivity index (χ4n) is 4.71. The minimum Gasteiger partial charge on any atom is -0.481 e. The molecule has 1 saturated carbocycles. The van der Waals surface area contributed by atoms with E-state index in [2.05, 4.69) is 26.3 Å². The summed E-state index contributed by atoms with van der Waals surface area (Å²) in [6, 6.07) is 14.4. The van der Waals surface area contributed by atoms with Crippen molar-refractivity contribution >= 4 is 67.8 Å². The maximum Gasteiger partial charge on any atom is 0.282 e. The van der Waals surface area contributed by atoms with Crippen LogP contribution in [-0.2, 0) is 4.79 Å². The first-order valence-electron chi connectivity index (χ1n) is 12.7. The Morgan fingerprint density at radius 3 is 2.58 bits per heavy atom. The van der Waals surface area contributed by atoms with Crippen molar-refractivity contribution in [1.82, 2.24) is 9.66 Å². The van der Waals surface area contributed by atoms with Gasteiger partial charge in [0.25, 0.3) is 11.5 Å². The fraction of sp³-hybridized carbons (Fsp3) is 0.241. The van der Waals surface area contributed by atoms with Gasteiger partial charge in [0.05, 0.1) is 32.9 Å². The molecule has 0 saturated heterocycles. The first kappa shape index (κ1) is 28.3. The molecule has 3 aromatic carbocycles. The Bertz CT molecular complexity index is 1650. The summed E-state index contributed by atoms with van der Waals surface area (Å²) >= 11 is 16.3. The number of rotatable bonds is 7. The summed E-state index contributed by atoms with van der Waals surface area (Å²) in [6.45, 7) is -0.431. The van der Waals surface area contributed by atoms with Crippen LogP contribution in [-0.4, -0.2) is 28.4 Å². The van der Waals surface area contributed by atoms with Crippen LogP contribution in [0.25, 0.3) is 10.9 Å². The molecule has 0 bridgehead atoms. The largest absolute Gasteiger partial charge is 0.481 e. The highest BCUT2D eigenvalue weighted by Crippen LogP contribution is 2.34. The minimum absolute atomic E-state index is 0.0400. The third-order valence-corrected chi connectivity index (χ3v) is 7.70. The van der Waals surface area contributed by atoms with Gasteiger partial charge in [0.2, 0.25) is 0 Å². The van der Waals surface area contributed by atoms with E-state index >= 15 is 0 Å². The van der Waals surface area contributed by atoms with Crippen molar-refractivity contribution in [2.24, 2.45) is 5.10 Å². The van der Waals surface area contributed by atoms with Crippen molar-refractivity contribution in [3.63, 3.8) is 0 Å². The molecule has 1 amide bonds. The number of carbonyl (C=O) groups excluding carboxylic acids is 1. The van der Waals surface area contributed by atoms with Crippen LogP contribution in [0.15, 0.2) is 69.0 Å². The van der Waals surface area contributed by atoms with Gasteiger partial charge in [-0.05, 0) is 60.9 Å². The number of halogens is 4. The molecule has 0 spiro atoms. The van der Waals surface area contributed by atoms with E-state index in [1.807, 2.05) is 12.1 Å². The molecule has 1 fully saturated rings. The Morgan fingerprint density at radius 1 is 1.12 bits per heavy atom. The highest BCUT2D eigenvalue weighted by Gasteiger charge is 2.22. The topological polar surface area (TPSA) is 85.6 Å². The summed E-state index contributed by atoms with van der Waals surface area (Å²) < 4.78 is 21.5. The summed E-state index contributed by atoms with van der Waals surface area (Å²) in [5, 5.41) is 7.70. The van der Waals surface area contributed by atoms with Crippen LogP contribution in [0.2, 0.25) is 10.0 Å². The second-order valence-corrected chi connectivity index (χ2v) is 11.2. The predicted octanol–water partition coefficient (Wildman–Crippen LogP) is 7.55. The van der Waals surface area contributed by atoms with Crippen LogP contribution < -0.4 is 15.6 Å². The second-order valence-electron chi connectivity index (χ2n) is 9.46. The van der Waals surface area contributed by atoms with E-state index in [9.17, 15) is 14.0 Å². The molecular formula is C29H24BrCl2FN4O3. The van der Waals surface area contributed by atoms with Gasteiger partial charge in [0.15, 0.2) is 12.4 Å². The summed E-state index contributed by atoms with van der Waals surface area (Å²) in [6.07, 6.45) is 6.70. The van der Waals surface area contributed by atoms with E-state index in [0.29, 0.717) is 22.3 Å². The Morgan fingerprint density at radius 2 is 1.85 bits per heavy atom. The van der Waals surface area contributed by atoms with Crippen LogP contribution in [0.3, 0.4) is 0 Å². The van der Waals surface area contributed by atoms with Crippen LogP contribution in [0.1, 0.15) is 49.4 Å². The normalized spacial score (nSPS) is 14.1. The minimum atomic E-state index is -0.576. The van der Waals surface area contributed by atoms with Crippen LogP contribution >= 0.6 is 39.1 Å². The Hall–Kier alpha value is -3.27. The molecule has 5 rings (SSSR count). The Labute approximate surface area is 248 Å². The lowest BCUT2D eigenvalue weighted by Crippen LogP contribution is -2.25. The number of nitrogens with one attached hydrogen (secondary N) is 1. The first-order chi connectivity index (χ1) is 19.3. The SMILES string of the molecule is O=C(COc1c(Cl)cc(C=Nn2c(C3CCCCC3)nc3ccc(Br)cc3c2=O)cc1Cl)Nc1ccccc1F. The summed E-state index contributed by atoms with van der Waals surface area (Å²) in [7, 11) is 0. The smallest absolute Gasteiger partial charge is 0.282 e. The molecule has 0 unspecified atom stereocenters. The maximum atomic E-state index is 13.8. The number of benzene rings is 3. The highest BCUT2D eigenvalue weighted by molar-refractivity contribution is 9.10. The number of nitrogens with zero attached hydrogens (tertiary/aromatic N) is 3. The number of hydrogen-bond acceptors (Lipinski definition) is 5. The molecule has 11 heteroatoms. The van der Waals surface area contributed by atoms with Gasteiger partial charge in [-0.15, -0.1) is 0 Å². The summed E-state index contributed by atoms with van der Waals surface area (Å²) in [4.78, 5) is 30.6. The number of aromatic nitrogens is 2. The molecule has 0 atom stereocenters. The molecule has 4 aromatic rings. The molecule has 0 radical (unpaired) electrons.